The second-order valence-corrected chi connectivity index (χ2v) is 7.84. The number of aliphatic imine (C=N–C) groups is 1. The second kappa shape index (κ2) is 9.00. The topological polar surface area (TPSA) is 45.5 Å². The van der Waals surface area contributed by atoms with Crippen molar-refractivity contribution in [3.05, 3.63) is 18.0 Å². The molecule has 0 amide bonds. The Morgan fingerprint density at radius 2 is 2.27 bits per heavy atom. The van der Waals surface area contributed by atoms with Gasteiger partial charge in [-0.25, -0.2) is 0 Å². The molecule has 7 heteroatoms. The number of halogens is 1. The van der Waals surface area contributed by atoms with Crippen molar-refractivity contribution < 1.29 is 0 Å². The van der Waals surface area contributed by atoms with Crippen molar-refractivity contribution in [1.29, 1.82) is 0 Å². The van der Waals surface area contributed by atoms with Gasteiger partial charge in [-0.1, -0.05) is 0 Å². The van der Waals surface area contributed by atoms with E-state index >= 15 is 0 Å². The van der Waals surface area contributed by atoms with Crippen LogP contribution in [0.5, 0.6) is 0 Å². The lowest BCUT2D eigenvalue weighted by atomic mass is 10.2. The number of hydrogen-bond donors (Lipinski definition) is 1. The van der Waals surface area contributed by atoms with E-state index in [0.717, 1.165) is 38.6 Å². The lowest BCUT2D eigenvalue weighted by Gasteiger charge is -2.39. The zero-order valence-corrected chi connectivity index (χ0v) is 17.1. The summed E-state index contributed by atoms with van der Waals surface area (Å²) < 4.78 is 2.15. The van der Waals surface area contributed by atoms with Crippen LogP contribution in [0.15, 0.2) is 17.4 Å². The highest BCUT2D eigenvalue weighted by molar-refractivity contribution is 14.0. The van der Waals surface area contributed by atoms with E-state index in [2.05, 4.69) is 42.3 Å². The third-order valence-corrected chi connectivity index (χ3v) is 4.78. The van der Waals surface area contributed by atoms with Crippen molar-refractivity contribution >= 4 is 41.7 Å². The lowest BCUT2D eigenvalue weighted by molar-refractivity contribution is 0.376. The molecule has 0 saturated carbocycles. The van der Waals surface area contributed by atoms with Crippen molar-refractivity contribution in [3.8, 4) is 0 Å². The number of aryl methyl sites for hydroxylation is 1. The predicted octanol–water partition coefficient (Wildman–Crippen LogP) is 2.37. The van der Waals surface area contributed by atoms with E-state index in [1.807, 2.05) is 29.7 Å². The van der Waals surface area contributed by atoms with E-state index in [0.29, 0.717) is 4.75 Å². The molecule has 2 heterocycles. The standard InChI is InChI=1S/C15H27N5S.HI/c1-5-16-14(20-8-9-21-15(2,3)12-20)17-7-6-13-10-18-19(4)11-13;/h10-11H,5-9,12H2,1-4H3,(H,16,17);1H. The smallest absolute Gasteiger partial charge is 0.193 e. The molecule has 22 heavy (non-hydrogen) atoms. The van der Waals surface area contributed by atoms with Crippen LogP contribution in [-0.2, 0) is 13.5 Å². The predicted molar refractivity (Wildman–Crippen MR) is 106 cm³/mol. The molecule has 0 bridgehead atoms. The molecule has 2 rings (SSSR count). The SMILES string of the molecule is CCNC(=NCCc1cnn(C)c1)N1CCSC(C)(C)C1.I. The number of aromatic nitrogens is 2. The summed E-state index contributed by atoms with van der Waals surface area (Å²) in [6.07, 6.45) is 4.92. The van der Waals surface area contributed by atoms with Crippen LogP contribution >= 0.6 is 35.7 Å². The zero-order valence-electron chi connectivity index (χ0n) is 14.0. The fourth-order valence-electron chi connectivity index (χ4n) is 2.51. The maximum Gasteiger partial charge on any atom is 0.193 e. The van der Waals surface area contributed by atoms with Gasteiger partial charge in [0.25, 0.3) is 0 Å². The highest BCUT2D eigenvalue weighted by Crippen LogP contribution is 2.29. The number of thioether (sulfide) groups is 1. The Hall–Kier alpha value is -0.440. The van der Waals surface area contributed by atoms with E-state index < -0.39 is 0 Å². The van der Waals surface area contributed by atoms with Gasteiger partial charge in [-0.2, -0.15) is 16.9 Å². The Morgan fingerprint density at radius 1 is 1.50 bits per heavy atom. The summed E-state index contributed by atoms with van der Waals surface area (Å²) in [6.45, 7) is 10.6. The quantitative estimate of drug-likeness (QED) is 0.447. The average molecular weight is 437 g/mol. The van der Waals surface area contributed by atoms with Gasteiger partial charge < -0.3 is 10.2 Å². The monoisotopic (exact) mass is 437 g/mol. The van der Waals surface area contributed by atoms with E-state index in [4.69, 9.17) is 4.99 Å². The molecule has 1 aliphatic rings. The Morgan fingerprint density at radius 3 is 2.86 bits per heavy atom. The summed E-state index contributed by atoms with van der Waals surface area (Å²) in [5.41, 5.74) is 1.24. The molecule has 126 valence electrons. The van der Waals surface area contributed by atoms with Gasteiger partial charge >= 0.3 is 0 Å². The van der Waals surface area contributed by atoms with Gasteiger partial charge in [-0.05, 0) is 32.8 Å². The first-order chi connectivity index (χ1) is 10.00. The highest BCUT2D eigenvalue weighted by atomic mass is 127. The molecule has 1 aliphatic heterocycles. The molecule has 0 unspecified atom stereocenters. The molecule has 5 nitrogen and oxygen atoms in total. The summed E-state index contributed by atoms with van der Waals surface area (Å²) in [5, 5.41) is 7.63. The van der Waals surface area contributed by atoms with E-state index in [1.54, 1.807) is 0 Å². The van der Waals surface area contributed by atoms with Gasteiger partial charge in [-0.3, -0.25) is 9.67 Å². The van der Waals surface area contributed by atoms with Crippen LogP contribution in [0.25, 0.3) is 0 Å². The minimum atomic E-state index is 0. The first-order valence-corrected chi connectivity index (χ1v) is 8.63. The maximum absolute atomic E-state index is 4.79. The van der Waals surface area contributed by atoms with Crippen LogP contribution in [0.3, 0.4) is 0 Å². The zero-order chi connectivity index (χ0) is 15.3. The van der Waals surface area contributed by atoms with Crippen molar-refractivity contribution in [1.82, 2.24) is 20.0 Å². The molecule has 1 aromatic rings. The Labute approximate surface area is 155 Å². The molecular formula is C15H28IN5S. The fraction of sp³-hybridized carbons (Fsp3) is 0.733. The number of rotatable bonds is 4. The molecule has 0 spiro atoms. The maximum atomic E-state index is 4.79. The van der Waals surface area contributed by atoms with Gasteiger partial charge in [-0.15, -0.1) is 24.0 Å². The first-order valence-electron chi connectivity index (χ1n) is 7.65. The molecule has 1 N–H and O–H groups in total. The van der Waals surface area contributed by atoms with E-state index in [1.165, 1.54) is 11.3 Å². The molecule has 0 aliphatic carbocycles. The van der Waals surface area contributed by atoms with E-state index in [9.17, 15) is 0 Å². The largest absolute Gasteiger partial charge is 0.357 e. The summed E-state index contributed by atoms with van der Waals surface area (Å²) in [6, 6.07) is 0. The molecule has 0 radical (unpaired) electrons. The van der Waals surface area contributed by atoms with Crippen LogP contribution in [0.2, 0.25) is 0 Å². The average Bonchev–Trinajstić information content (AvgIpc) is 2.82. The summed E-state index contributed by atoms with van der Waals surface area (Å²) in [4.78, 5) is 7.18. The van der Waals surface area contributed by atoms with Gasteiger partial charge in [0, 0.05) is 49.9 Å². The number of nitrogens with one attached hydrogen (secondary N) is 1. The van der Waals surface area contributed by atoms with Crippen LogP contribution in [0.1, 0.15) is 26.3 Å². The van der Waals surface area contributed by atoms with Crippen LogP contribution < -0.4 is 5.32 Å². The molecule has 1 fully saturated rings. The minimum absolute atomic E-state index is 0. The normalized spacial score (nSPS) is 18.0. The van der Waals surface area contributed by atoms with Gasteiger partial charge in [0.15, 0.2) is 5.96 Å². The second-order valence-electron chi connectivity index (χ2n) is 6.04. The minimum Gasteiger partial charge on any atom is -0.357 e. The summed E-state index contributed by atoms with van der Waals surface area (Å²) >= 11 is 2.05. The van der Waals surface area contributed by atoms with Gasteiger partial charge in [0.05, 0.1) is 6.20 Å². The van der Waals surface area contributed by atoms with Crippen molar-refractivity contribution in [2.24, 2.45) is 12.0 Å². The summed E-state index contributed by atoms with van der Waals surface area (Å²) in [5.74, 6) is 2.22. The third kappa shape index (κ3) is 5.98. The molecule has 1 saturated heterocycles. The molecule has 0 atom stereocenters. The Balaban J connectivity index is 0.00000242. The highest BCUT2D eigenvalue weighted by Gasteiger charge is 2.28. The lowest BCUT2D eigenvalue weighted by Crippen LogP contribution is -2.51. The Kier molecular flexibility index (Phi) is 8.02. The van der Waals surface area contributed by atoms with Gasteiger partial charge in [0.1, 0.15) is 0 Å². The van der Waals surface area contributed by atoms with Crippen molar-refractivity contribution in [2.75, 3.05) is 31.9 Å². The summed E-state index contributed by atoms with van der Waals surface area (Å²) in [7, 11) is 1.95. The van der Waals surface area contributed by atoms with Crippen molar-refractivity contribution in [2.45, 2.75) is 31.9 Å². The number of guanidine groups is 1. The van der Waals surface area contributed by atoms with Crippen molar-refractivity contribution in [3.63, 3.8) is 0 Å². The third-order valence-electron chi connectivity index (χ3n) is 3.48. The van der Waals surface area contributed by atoms with E-state index in [-0.39, 0.29) is 24.0 Å². The molecular weight excluding hydrogens is 409 g/mol. The fourth-order valence-corrected chi connectivity index (χ4v) is 3.63. The van der Waals surface area contributed by atoms with Crippen LogP contribution in [-0.4, -0.2) is 57.3 Å². The van der Waals surface area contributed by atoms with Gasteiger partial charge in [0.2, 0.25) is 0 Å². The Bertz CT molecular complexity index is 486. The first kappa shape index (κ1) is 19.6. The number of nitrogens with zero attached hydrogens (tertiary/aromatic N) is 4. The molecule has 0 aromatic carbocycles. The van der Waals surface area contributed by atoms with Crippen LogP contribution in [0.4, 0.5) is 0 Å². The van der Waals surface area contributed by atoms with Crippen LogP contribution in [0, 0.1) is 0 Å². The molecule has 1 aromatic heterocycles. The number of hydrogen-bond acceptors (Lipinski definition) is 3.